The third-order valence-electron chi connectivity index (χ3n) is 0.683. The SMILES string of the molecule is C[CH2][Sn][CH2]C.O=C(O)C(=O)O. The van der Waals surface area contributed by atoms with Crippen molar-refractivity contribution in [1.82, 2.24) is 0 Å². The molecule has 0 atom stereocenters. The molecule has 4 nitrogen and oxygen atoms in total. The summed E-state index contributed by atoms with van der Waals surface area (Å²) >= 11 is 0.218. The summed E-state index contributed by atoms with van der Waals surface area (Å²) in [6, 6.07) is 0. The predicted octanol–water partition coefficient (Wildman–Crippen LogP) is 0.723. The number of carboxylic acids is 2. The van der Waals surface area contributed by atoms with Crippen LogP contribution in [-0.4, -0.2) is 43.3 Å². The molecule has 0 unspecified atom stereocenters. The van der Waals surface area contributed by atoms with Gasteiger partial charge in [0, 0.05) is 0 Å². The van der Waals surface area contributed by atoms with E-state index in [0.717, 1.165) is 0 Å². The van der Waals surface area contributed by atoms with Gasteiger partial charge in [-0.2, -0.15) is 0 Å². The summed E-state index contributed by atoms with van der Waals surface area (Å²) in [6.45, 7) is 4.57. The Hall–Kier alpha value is -0.261. The molecule has 0 aliphatic carbocycles. The van der Waals surface area contributed by atoms with Crippen LogP contribution in [-0.2, 0) is 9.59 Å². The number of carboxylic acid groups (broad SMARTS) is 2. The number of aliphatic carboxylic acids is 2. The van der Waals surface area contributed by atoms with Crippen molar-refractivity contribution in [2.75, 3.05) is 0 Å². The molecule has 64 valence electrons. The van der Waals surface area contributed by atoms with Crippen LogP contribution < -0.4 is 0 Å². The summed E-state index contributed by atoms with van der Waals surface area (Å²) in [7, 11) is 0. The van der Waals surface area contributed by atoms with Gasteiger partial charge in [0.05, 0.1) is 0 Å². The Morgan fingerprint density at radius 1 is 1.09 bits per heavy atom. The fourth-order valence-corrected chi connectivity index (χ4v) is 1.68. The molecule has 0 aromatic heterocycles. The Bertz CT molecular complexity index is 110. The Morgan fingerprint density at radius 2 is 1.36 bits per heavy atom. The summed E-state index contributed by atoms with van der Waals surface area (Å²) in [5, 5.41) is 14.8. The zero-order valence-corrected chi connectivity index (χ0v) is 9.48. The molecule has 0 saturated carbocycles. The molecule has 5 heteroatoms. The minimum absolute atomic E-state index is 0.218. The quantitative estimate of drug-likeness (QED) is 0.571. The van der Waals surface area contributed by atoms with E-state index in [1.165, 1.54) is 8.87 Å². The van der Waals surface area contributed by atoms with E-state index >= 15 is 0 Å². The maximum atomic E-state index is 9.10. The van der Waals surface area contributed by atoms with Crippen LogP contribution in [0.1, 0.15) is 13.8 Å². The number of hydrogen-bond acceptors (Lipinski definition) is 2. The van der Waals surface area contributed by atoms with E-state index in [1.54, 1.807) is 0 Å². The van der Waals surface area contributed by atoms with Crippen LogP contribution in [0, 0.1) is 0 Å². The van der Waals surface area contributed by atoms with Crippen LogP contribution in [0.2, 0.25) is 8.87 Å². The van der Waals surface area contributed by atoms with Gasteiger partial charge < -0.3 is 10.2 Å². The van der Waals surface area contributed by atoms with Crippen molar-refractivity contribution in [1.29, 1.82) is 0 Å². The van der Waals surface area contributed by atoms with Crippen molar-refractivity contribution < 1.29 is 19.8 Å². The third-order valence-corrected chi connectivity index (χ3v) is 3.54. The second kappa shape index (κ2) is 9.74. The Labute approximate surface area is 75.8 Å². The first-order valence-electron chi connectivity index (χ1n) is 3.23. The smallest absolute Gasteiger partial charge is 0.414 e. The molecule has 2 N–H and O–H groups in total. The average Bonchev–Trinajstić information content (AvgIpc) is 1.90. The summed E-state index contributed by atoms with van der Waals surface area (Å²) < 4.78 is 3.03. The van der Waals surface area contributed by atoms with Gasteiger partial charge in [-0.05, 0) is 0 Å². The first-order chi connectivity index (χ1) is 5.06. The predicted molar refractivity (Wildman–Crippen MR) is 42.0 cm³/mol. The molecule has 0 saturated heterocycles. The van der Waals surface area contributed by atoms with Crippen molar-refractivity contribution in [2.45, 2.75) is 22.7 Å². The molecule has 0 amide bonds. The van der Waals surface area contributed by atoms with Crippen molar-refractivity contribution in [3.8, 4) is 0 Å². The van der Waals surface area contributed by atoms with Gasteiger partial charge in [-0.15, -0.1) is 0 Å². The topological polar surface area (TPSA) is 74.6 Å². The molecule has 2 radical (unpaired) electrons. The van der Waals surface area contributed by atoms with E-state index in [4.69, 9.17) is 19.8 Å². The standard InChI is InChI=1S/C2H2O4.2C2H5.Sn/c3-1(4)2(5)6;2*1-2;/h(H,3,4)(H,5,6);2*1H2,2H3;. The minimum atomic E-state index is -1.82. The molecule has 0 rings (SSSR count). The molecule has 0 aromatic carbocycles. The molecule has 0 heterocycles. The second-order valence-electron chi connectivity index (χ2n) is 1.57. The fraction of sp³-hybridized carbons (Fsp3) is 0.667. The molecule has 11 heavy (non-hydrogen) atoms. The van der Waals surface area contributed by atoms with Gasteiger partial charge >= 0.3 is 55.8 Å². The van der Waals surface area contributed by atoms with E-state index in [1.807, 2.05) is 0 Å². The molecule has 0 bridgehead atoms. The van der Waals surface area contributed by atoms with Crippen molar-refractivity contribution >= 4 is 33.1 Å². The number of rotatable bonds is 2. The van der Waals surface area contributed by atoms with E-state index in [9.17, 15) is 0 Å². The van der Waals surface area contributed by atoms with Gasteiger partial charge in [-0.25, -0.2) is 9.59 Å². The zero-order chi connectivity index (χ0) is 9.28. The minimum Gasteiger partial charge on any atom is -0.473 e. The molecular formula is C6H12O4Sn. The molecule has 0 spiro atoms. The molecule has 0 aromatic rings. The molecule has 0 fully saturated rings. The normalized spacial score (nSPS) is 7.82. The molecular weight excluding hydrogens is 255 g/mol. The summed E-state index contributed by atoms with van der Waals surface area (Å²) in [5.41, 5.74) is 0. The van der Waals surface area contributed by atoms with E-state index < -0.39 is 11.9 Å². The van der Waals surface area contributed by atoms with Crippen molar-refractivity contribution in [2.24, 2.45) is 0 Å². The average molecular weight is 267 g/mol. The van der Waals surface area contributed by atoms with Gasteiger partial charge in [0.2, 0.25) is 0 Å². The monoisotopic (exact) mass is 268 g/mol. The van der Waals surface area contributed by atoms with Crippen LogP contribution in [0.25, 0.3) is 0 Å². The summed E-state index contributed by atoms with van der Waals surface area (Å²) in [5.74, 6) is -3.65. The zero-order valence-electron chi connectivity index (χ0n) is 6.63. The second-order valence-corrected chi connectivity index (χ2v) is 7.03. The Balaban J connectivity index is 0. The maximum Gasteiger partial charge on any atom is 0.414 e. The Kier molecular flexibility index (Phi) is 11.8. The van der Waals surface area contributed by atoms with Gasteiger partial charge in [0.1, 0.15) is 0 Å². The van der Waals surface area contributed by atoms with Crippen LogP contribution >= 0.6 is 0 Å². The first-order valence-corrected chi connectivity index (χ1v) is 7.26. The number of hydrogen-bond donors (Lipinski definition) is 2. The third kappa shape index (κ3) is 17.7. The number of carbonyl (C=O) groups is 2. The van der Waals surface area contributed by atoms with E-state index in [-0.39, 0.29) is 21.1 Å². The summed E-state index contributed by atoms with van der Waals surface area (Å²) in [6.07, 6.45) is 0. The summed E-state index contributed by atoms with van der Waals surface area (Å²) in [4.78, 5) is 18.2. The molecule has 0 aliphatic heterocycles. The van der Waals surface area contributed by atoms with Crippen LogP contribution in [0.15, 0.2) is 0 Å². The van der Waals surface area contributed by atoms with E-state index in [2.05, 4.69) is 13.8 Å². The Morgan fingerprint density at radius 3 is 1.36 bits per heavy atom. The van der Waals surface area contributed by atoms with Crippen molar-refractivity contribution in [3.05, 3.63) is 0 Å². The van der Waals surface area contributed by atoms with Crippen molar-refractivity contribution in [3.63, 3.8) is 0 Å². The van der Waals surface area contributed by atoms with Gasteiger partial charge in [-0.1, -0.05) is 0 Å². The van der Waals surface area contributed by atoms with Crippen LogP contribution in [0.5, 0.6) is 0 Å². The van der Waals surface area contributed by atoms with Gasteiger partial charge in [-0.3, -0.25) is 0 Å². The van der Waals surface area contributed by atoms with Gasteiger partial charge in [0.15, 0.2) is 0 Å². The largest absolute Gasteiger partial charge is 0.473 e. The van der Waals surface area contributed by atoms with Crippen LogP contribution in [0.3, 0.4) is 0 Å². The van der Waals surface area contributed by atoms with E-state index in [0.29, 0.717) is 0 Å². The molecule has 0 aliphatic rings. The fourth-order valence-electron chi connectivity index (χ4n) is 0.250. The first kappa shape index (κ1) is 13.3. The maximum absolute atomic E-state index is 9.10. The van der Waals surface area contributed by atoms with Crippen LogP contribution in [0.4, 0.5) is 0 Å². The van der Waals surface area contributed by atoms with Gasteiger partial charge in [0.25, 0.3) is 0 Å².